The van der Waals surface area contributed by atoms with Gasteiger partial charge in [-0.25, -0.2) is 19.7 Å². The number of nitrogens with zero attached hydrogens (tertiary/aromatic N) is 5. The molecular weight excluding hydrogens is 564 g/mol. The van der Waals surface area contributed by atoms with Crippen LogP contribution in [0.25, 0.3) is 0 Å². The summed E-state index contributed by atoms with van der Waals surface area (Å²) in [5, 5.41) is 11.0. The van der Waals surface area contributed by atoms with Gasteiger partial charge in [0.05, 0.1) is 25.0 Å². The minimum atomic E-state index is -0.389. The highest BCUT2D eigenvalue weighted by molar-refractivity contribution is 7.09. The topological polar surface area (TPSA) is 115 Å². The van der Waals surface area contributed by atoms with Gasteiger partial charge in [-0.1, -0.05) is 18.7 Å². The van der Waals surface area contributed by atoms with Crippen molar-refractivity contribution in [1.29, 1.82) is 0 Å². The molecule has 1 aliphatic rings. The highest BCUT2D eigenvalue weighted by Crippen LogP contribution is 2.33. The van der Waals surface area contributed by atoms with Crippen LogP contribution in [0.15, 0.2) is 85.0 Å². The first kappa shape index (κ1) is 29.5. The van der Waals surface area contributed by atoms with Gasteiger partial charge in [0, 0.05) is 54.6 Å². The molecule has 0 radical (unpaired) electrons. The molecule has 3 amide bonds. The van der Waals surface area contributed by atoms with Crippen molar-refractivity contribution in [3.8, 4) is 5.75 Å². The average molecular weight is 599 g/mol. The van der Waals surface area contributed by atoms with Crippen LogP contribution in [-0.4, -0.2) is 67.1 Å². The molecule has 1 saturated heterocycles. The minimum absolute atomic E-state index is 0.335. The van der Waals surface area contributed by atoms with Crippen LogP contribution in [0.2, 0.25) is 0 Å². The van der Waals surface area contributed by atoms with E-state index in [9.17, 15) is 9.59 Å². The predicted molar refractivity (Wildman–Crippen MR) is 172 cm³/mol. The van der Waals surface area contributed by atoms with Crippen molar-refractivity contribution in [1.82, 2.24) is 20.2 Å². The number of methoxy groups -OCH3 is 1. The number of nitrogens with one attached hydrogen (secondary N) is 3. The van der Waals surface area contributed by atoms with Gasteiger partial charge in [-0.05, 0) is 54.9 Å². The fraction of sp³-hybridized carbons (Fsp3) is 0.226. The zero-order chi connectivity index (χ0) is 30.2. The van der Waals surface area contributed by atoms with Crippen LogP contribution in [0, 0.1) is 0 Å². The van der Waals surface area contributed by atoms with Crippen LogP contribution in [-0.2, 0) is 11.3 Å². The highest BCUT2D eigenvalue weighted by atomic mass is 32.1. The van der Waals surface area contributed by atoms with Crippen molar-refractivity contribution >= 4 is 57.7 Å². The Morgan fingerprint density at radius 2 is 1.91 bits per heavy atom. The molecule has 3 heterocycles. The molecule has 0 unspecified atom stereocenters. The molecule has 4 aromatic rings. The number of anilines is 6. The third kappa shape index (κ3) is 7.48. The summed E-state index contributed by atoms with van der Waals surface area (Å²) >= 11 is 1.55. The summed E-state index contributed by atoms with van der Waals surface area (Å²) < 4.78 is 5.72. The third-order valence-corrected chi connectivity index (χ3v) is 7.83. The van der Waals surface area contributed by atoms with Crippen LogP contribution in [0.1, 0.15) is 4.88 Å². The number of piperazine rings is 1. The largest absolute Gasteiger partial charge is 0.494 e. The molecule has 0 saturated carbocycles. The second kappa shape index (κ2) is 13.8. The van der Waals surface area contributed by atoms with Gasteiger partial charge in [-0.2, -0.15) is 0 Å². The molecule has 11 nitrogen and oxygen atoms in total. The Morgan fingerprint density at radius 3 is 2.65 bits per heavy atom. The van der Waals surface area contributed by atoms with Crippen molar-refractivity contribution < 1.29 is 14.3 Å². The summed E-state index contributed by atoms with van der Waals surface area (Å²) in [6, 6.07) is 18.2. The normalized spacial score (nSPS) is 13.2. The Bertz CT molecular complexity index is 1570. The van der Waals surface area contributed by atoms with Crippen molar-refractivity contribution in [3.05, 3.63) is 89.9 Å². The Balaban J connectivity index is 1.42. The number of urea groups is 1. The lowest BCUT2D eigenvalue weighted by Crippen LogP contribution is -2.44. The summed E-state index contributed by atoms with van der Waals surface area (Å²) in [6.07, 6.45) is 2.58. The molecule has 0 bridgehead atoms. The van der Waals surface area contributed by atoms with Gasteiger partial charge in [-0.15, -0.1) is 11.3 Å². The van der Waals surface area contributed by atoms with Crippen molar-refractivity contribution in [2.45, 2.75) is 6.54 Å². The summed E-state index contributed by atoms with van der Waals surface area (Å²) in [6.45, 7) is 7.77. The highest BCUT2D eigenvalue weighted by Gasteiger charge is 2.22. The number of ether oxygens (including phenoxy) is 1. The first-order valence-electron chi connectivity index (χ1n) is 13.8. The number of hydrogen-bond donors (Lipinski definition) is 3. The maximum absolute atomic E-state index is 13.6. The summed E-state index contributed by atoms with van der Waals surface area (Å²) in [5.74, 6) is 1.13. The van der Waals surface area contributed by atoms with Crippen LogP contribution in [0.4, 0.5) is 39.2 Å². The molecule has 2 aromatic carbocycles. The molecular formula is C31H34N8O3S. The standard InChI is InChI=1S/C31H34N8O3S/c1-4-30(40)35-22-7-5-8-24(17-22)39(31(41)32-20-25-9-6-16-43-25)29-19-28(33-21-34-29)36-26-11-10-23(18-27(26)42-3)38-14-12-37(2)13-15-38/h4-11,16-19,21H,1,12-15,20H2,2-3H3,(H,32,41)(H,35,40)(H,33,34,36). The zero-order valence-electron chi connectivity index (χ0n) is 24.1. The Morgan fingerprint density at radius 1 is 1.07 bits per heavy atom. The lowest BCUT2D eigenvalue weighted by Gasteiger charge is -2.34. The summed E-state index contributed by atoms with van der Waals surface area (Å²) in [5.41, 5.74) is 2.84. The smallest absolute Gasteiger partial charge is 0.328 e. The Hall–Kier alpha value is -4.94. The molecule has 5 rings (SSSR count). The fourth-order valence-corrected chi connectivity index (χ4v) is 5.29. The van der Waals surface area contributed by atoms with Gasteiger partial charge >= 0.3 is 6.03 Å². The maximum Gasteiger partial charge on any atom is 0.328 e. The molecule has 0 aliphatic carbocycles. The molecule has 2 aromatic heterocycles. The first-order valence-corrected chi connectivity index (χ1v) is 14.7. The van der Waals surface area contributed by atoms with Gasteiger partial charge < -0.3 is 30.5 Å². The lowest BCUT2D eigenvalue weighted by atomic mass is 10.2. The number of aromatic nitrogens is 2. The van der Waals surface area contributed by atoms with Crippen molar-refractivity contribution in [2.75, 3.05) is 60.8 Å². The number of amides is 3. The summed E-state index contributed by atoms with van der Waals surface area (Å²) in [7, 11) is 3.77. The quantitative estimate of drug-likeness (QED) is 0.213. The van der Waals surface area contributed by atoms with Crippen molar-refractivity contribution in [3.63, 3.8) is 0 Å². The molecule has 1 aliphatic heterocycles. The number of hydrogen-bond acceptors (Lipinski definition) is 9. The van der Waals surface area contributed by atoms with E-state index in [2.05, 4.69) is 55.4 Å². The van der Waals surface area contributed by atoms with E-state index in [1.165, 1.54) is 17.3 Å². The Kier molecular flexibility index (Phi) is 9.49. The van der Waals surface area contributed by atoms with E-state index in [0.29, 0.717) is 35.3 Å². The second-order valence-corrected chi connectivity index (χ2v) is 10.9. The molecule has 12 heteroatoms. The van der Waals surface area contributed by atoms with E-state index < -0.39 is 0 Å². The van der Waals surface area contributed by atoms with E-state index >= 15 is 0 Å². The number of benzene rings is 2. The third-order valence-electron chi connectivity index (χ3n) is 6.95. The van der Waals surface area contributed by atoms with Gasteiger partial charge in [0.2, 0.25) is 5.91 Å². The minimum Gasteiger partial charge on any atom is -0.494 e. The van der Waals surface area contributed by atoms with E-state index in [1.807, 2.05) is 29.6 Å². The van der Waals surface area contributed by atoms with Crippen LogP contribution >= 0.6 is 11.3 Å². The maximum atomic E-state index is 13.6. The van der Waals surface area contributed by atoms with E-state index in [0.717, 1.165) is 42.4 Å². The van der Waals surface area contributed by atoms with Crippen LogP contribution in [0.3, 0.4) is 0 Å². The zero-order valence-corrected chi connectivity index (χ0v) is 24.9. The van der Waals surface area contributed by atoms with E-state index in [4.69, 9.17) is 4.74 Å². The predicted octanol–water partition coefficient (Wildman–Crippen LogP) is 5.21. The Labute approximate surface area is 254 Å². The number of thiophene rings is 1. The van der Waals surface area contributed by atoms with Gasteiger partial charge in [0.1, 0.15) is 23.7 Å². The number of carbonyl (C=O) groups excluding carboxylic acids is 2. The van der Waals surface area contributed by atoms with Crippen molar-refractivity contribution in [2.24, 2.45) is 0 Å². The van der Waals surface area contributed by atoms with Crippen LogP contribution in [0.5, 0.6) is 5.75 Å². The fourth-order valence-electron chi connectivity index (χ4n) is 4.64. The van der Waals surface area contributed by atoms with Gasteiger partial charge in [0.25, 0.3) is 0 Å². The van der Waals surface area contributed by atoms with E-state index in [1.54, 1.807) is 48.8 Å². The van der Waals surface area contributed by atoms with Crippen LogP contribution < -0.4 is 30.5 Å². The van der Waals surface area contributed by atoms with Gasteiger partial charge in [0.15, 0.2) is 0 Å². The molecule has 43 heavy (non-hydrogen) atoms. The first-order chi connectivity index (χ1) is 20.9. The molecule has 1 fully saturated rings. The number of rotatable bonds is 10. The lowest BCUT2D eigenvalue weighted by molar-refractivity contribution is -0.111. The van der Waals surface area contributed by atoms with E-state index in [-0.39, 0.29) is 11.9 Å². The molecule has 0 atom stereocenters. The number of carbonyl (C=O) groups is 2. The second-order valence-electron chi connectivity index (χ2n) is 9.88. The molecule has 0 spiro atoms. The average Bonchev–Trinajstić information content (AvgIpc) is 3.55. The monoisotopic (exact) mass is 598 g/mol. The summed E-state index contributed by atoms with van der Waals surface area (Å²) in [4.78, 5) is 41.5. The number of likely N-dealkylation sites (N-methyl/N-ethyl adjacent to an activating group) is 1. The van der Waals surface area contributed by atoms with Gasteiger partial charge in [-0.3, -0.25) is 4.79 Å². The molecule has 222 valence electrons. The SMILES string of the molecule is C=CC(=O)Nc1cccc(N(C(=O)NCc2cccs2)c2cc(Nc3ccc(N4CCN(C)CC4)cc3OC)ncn2)c1. The molecule has 3 N–H and O–H groups in total.